The fourth-order valence-electron chi connectivity index (χ4n) is 3.08. The van der Waals surface area contributed by atoms with Gasteiger partial charge in [0.15, 0.2) is 0 Å². The number of nitrogens with one attached hydrogen (secondary N) is 1. The molecule has 0 aromatic heterocycles. The number of nitrogens with zero attached hydrogens (tertiary/aromatic N) is 1. The molecule has 1 heterocycles. The lowest BCUT2D eigenvalue weighted by Gasteiger charge is -2.32. The maximum Gasteiger partial charge on any atom is 0.00979 e. The second kappa shape index (κ2) is 5.31. The van der Waals surface area contributed by atoms with Crippen molar-refractivity contribution in [3.8, 4) is 0 Å². The highest BCUT2D eigenvalue weighted by Gasteiger charge is 2.27. The van der Waals surface area contributed by atoms with Crippen LogP contribution in [-0.4, -0.2) is 36.6 Å². The van der Waals surface area contributed by atoms with Crippen LogP contribution in [0.4, 0.5) is 0 Å². The van der Waals surface area contributed by atoms with E-state index < -0.39 is 0 Å². The first-order chi connectivity index (χ1) is 7.25. The fourth-order valence-corrected chi connectivity index (χ4v) is 3.08. The van der Waals surface area contributed by atoms with E-state index in [2.05, 4.69) is 24.1 Å². The Morgan fingerprint density at radius 1 is 1.07 bits per heavy atom. The van der Waals surface area contributed by atoms with E-state index >= 15 is 0 Å². The third kappa shape index (κ3) is 3.18. The molecule has 0 aromatic rings. The second-order valence-electron chi connectivity index (χ2n) is 5.61. The van der Waals surface area contributed by atoms with Gasteiger partial charge in [0, 0.05) is 12.1 Å². The van der Waals surface area contributed by atoms with Gasteiger partial charge in [0.05, 0.1) is 0 Å². The fraction of sp³-hybridized carbons (Fsp3) is 1.00. The highest BCUT2D eigenvalue weighted by Crippen LogP contribution is 2.29. The van der Waals surface area contributed by atoms with Gasteiger partial charge in [-0.25, -0.2) is 0 Å². The summed E-state index contributed by atoms with van der Waals surface area (Å²) < 4.78 is 0. The Morgan fingerprint density at radius 2 is 1.93 bits per heavy atom. The van der Waals surface area contributed by atoms with Crippen molar-refractivity contribution < 1.29 is 0 Å². The summed E-state index contributed by atoms with van der Waals surface area (Å²) in [7, 11) is 0. The molecule has 0 bridgehead atoms. The molecule has 0 aromatic carbocycles. The predicted molar refractivity (Wildman–Crippen MR) is 65.1 cm³/mol. The zero-order chi connectivity index (χ0) is 10.7. The molecule has 3 atom stereocenters. The molecular weight excluding hydrogens is 184 g/mol. The van der Waals surface area contributed by atoms with Crippen LogP contribution in [0.5, 0.6) is 0 Å². The summed E-state index contributed by atoms with van der Waals surface area (Å²) in [5.74, 6) is 0.969. The lowest BCUT2D eigenvalue weighted by molar-refractivity contribution is 0.172. The molecule has 1 aliphatic carbocycles. The van der Waals surface area contributed by atoms with Crippen molar-refractivity contribution in [1.29, 1.82) is 0 Å². The largest absolute Gasteiger partial charge is 0.314 e. The summed E-state index contributed by atoms with van der Waals surface area (Å²) in [6, 6.07) is 1.62. The van der Waals surface area contributed by atoms with Crippen molar-refractivity contribution in [1.82, 2.24) is 10.2 Å². The summed E-state index contributed by atoms with van der Waals surface area (Å²) in [6.07, 6.45) is 7.00. The smallest absolute Gasteiger partial charge is 0.00979 e. The first kappa shape index (κ1) is 11.4. The number of hydrogen-bond acceptors (Lipinski definition) is 2. The molecule has 1 saturated heterocycles. The van der Waals surface area contributed by atoms with E-state index in [0.717, 1.165) is 12.0 Å². The predicted octanol–water partition coefficient (Wildman–Crippen LogP) is 2.25. The summed E-state index contributed by atoms with van der Waals surface area (Å²) >= 11 is 0. The first-order valence-corrected chi connectivity index (χ1v) is 6.73. The van der Waals surface area contributed by atoms with E-state index in [9.17, 15) is 0 Å². The average molecular weight is 210 g/mol. The lowest BCUT2D eigenvalue weighted by atomic mass is 10.1. The van der Waals surface area contributed by atoms with Crippen molar-refractivity contribution in [3.05, 3.63) is 0 Å². The normalized spacial score (nSPS) is 40.0. The molecule has 2 fully saturated rings. The highest BCUT2D eigenvalue weighted by molar-refractivity contribution is 4.83. The first-order valence-electron chi connectivity index (χ1n) is 6.73. The summed E-state index contributed by atoms with van der Waals surface area (Å²) in [6.45, 7) is 8.57. The van der Waals surface area contributed by atoms with Crippen molar-refractivity contribution in [2.24, 2.45) is 5.92 Å². The van der Waals surface area contributed by atoms with Crippen LogP contribution in [0.15, 0.2) is 0 Å². The van der Waals surface area contributed by atoms with Crippen LogP contribution in [0, 0.1) is 5.92 Å². The van der Waals surface area contributed by atoms with Crippen LogP contribution in [0.2, 0.25) is 0 Å². The molecule has 1 aliphatic heterocycles. The quantitative estimate of drug-likeness (QED) is 0.714. The van der Waals surface area contributed by atoms with E-state index in [4.69, 9.17) is 0 Å². The maximum atomic E-state index is 3.58. The number of rotatable bonds is 1. The van der Waals surface area contributed by atoms with Gasteiger partial charge in [-0.05, 0) is 64.6 Å². The van der Waals surface area contributed by atoms with Gasteiger partial charge in [0.2, 0.25) is 0 Å². The second-order valence-corrected chi connectivity index (χ2v) is 5.61. The van der Waals surface area contributed by atoms with Crippen LogP contribution in [0.25, 0.3) is 0 Å². The Morgan fingerprint density at radius 3 is 2.67 bits per heavy atom. The Hall–Kier alpha value is -0.0800. The van der Waals surface area contributed by atoms with Crippen molar-refractivity contribution in [3.63, 3.8) is 0 Å². The number of hydrogen-bond donors (Lipinski definition) is 1. The minimum absolute atomic E-state index is 0.714. The van der Waals surface area contributed by atoms with E-state index in [1.54, 1.807) is 0 Å². The Kier molecular flexibility index (Phi) is 4.04. The molecule has 1 saturated carbocycles. The molecule has 0 spiro atoms. The minimum atomic E-state index is 0.714. The topological polar surface area (TPSA) is 15.3 Å². The molecule has 2 heteroatoms. The van der Waals surface area contributed by atoms with Crippen molar-refractivity contribution in [2.75, 3.05) is 19.6 Å². The van der Waals surface area contributed by atoms with Gasteiger partial charge < -0.3 is 10.2 Å². The van der Waals surface area contributed by atoms with Gasteiger partial charge in [-0.15, -0.1) is 0 Å². The molecule has 2 rings (SSSR count). The van der Waals surface area contributed by atoms with E-state index in [0.29, 0.717) is 6.04 Å². The van der Waals surface area contributed by atoms with Crippen LogP contribution in [0.3, 0.4) is 0 Å². The van der Waals surface area contributed by atoms with Gasteiger partial charge in [0.25, 0.3) is 0 Å². The Bertz CT molecular complexity index is 193. The van der Waals surface area contributed by atoms with Gasteiger partial charge in [-0.3, -0.25) is 0 Å². The zero-order valence-electron chi connectivity index (χ0n) is 10.3. The van der Waals surface area contributed by atoms with Crippen molar-refractivity contribution in [2.45, 2.75) is 58.0 Å². The molecular formula is C13H26N2. The molecule has 3 unspecified atom stereocenters. The standard InChI is InChI=1S/C13H26N2/c1-11-4-5-13(10-11)15-8-3-7-14-12(2)6-9-15/h11-14H,3-10H2,1-2H3. The van der Waals surface area contributed by atoms with E-state index in [1.165, 1.54) is 51.7 Å². The average Bonchev–Trinajstić information content (AvgIpc) is 2.59. The SMILES string of the molecule is CC1CCC(N2CCCNC(C)CC2)C1. The molecule has 2 aliphatic rings. The molecule has 0 radical (unpaired) electrons. The lowest BCUT2D eigenvalue weighted by Crippen LogP contribution is -2.42. The minimum Gasteiger partial charge on any atom is -0.314 e. The van der Waals surface area contributed by atoms with Gasteiger partial charge in [-0.2, -0.15) is 0 Å². The summed E-state index contributed by atoms with van der Waals surface area (Å²) in [5, 5.41) is 3.58. The molecule has 1 N–H and O–H groups in total. The van der Waals surface area contributed by atoms with E-state index in [-0.39, 0.29) is 0 Å². The van der Waals surface area contributed by atoms with Gasteiger partial charge in [0.1, 0.15) is 0 Å². The zero-order valence-corrected chi connectivity index (χ0v) is 10.3. The molecule has 2 nitrogen and oxygen atoms in total. The summed E-state index contributed by atoms with van der Waals surface area (Å²) in [5.41, 5.74) is 0. The molecule has 0 amide bonds. The van der Waals surface area contributed by atoms with Crippen LogP contribution in [0.1, 0.15) is 46.0 Å². The summed E-state index contributed by atoms with van der Waals surface area (Å²) in [4.78, 5) is 2.76. The third-order valence-electron chi connectivity index (χ3n) is 4.15. The Balaban J connectivity index is 1.84. The highest BCUT2D eigenvalue weighted by atomic mass is 15.2. The maximum absolute atomic E-state index is 3.58. The van der Waals surface area contributed by atoms with Gasteiger partial charge in [-0.1, -0.05) is 6.92 Å². The molecule has 88 valence electrons. The van der Waals surface area contributed by atoms with Crippen LogP contribution < -0.4 is 5.32 Å². The third-order valence-corrected chi connectivity index (χ3v) is 4.15. The van der Waals surface area contributed by atoms with Gasteiger partial charge >= 0.3 is 0 Å². The van der Waals surface area contributed by atoms with E-state index in [1.807, 2.05) is 0 Å². The van der Waals surface area contributed by atoms with Crippen LogP contribution in [-0.2, 0) is 0 Å². The van der Waals surface area contributed by atoms with Crippen LogP contribution >= 0.6 is 0 Å². The van der Waals surface area contributed by atoms with Crippen molar-refractivity contribution >= 4 is 0 Å². The molecule has 15 heavy (non-hydrogen) atoms. The monoisotopic (exact) mass is 210 g/mol. The Labute approximate surface area is 94.4 Å².